The van der Waals surface area contributed by atoms with Crippen molar-refractivity contribution in [2.45, 2.75) is 58.1 Å². The van der Waals surface area contributed by atoms with E-state index in [-0.39, 0.29) is 5.60 Å². The summed E-state index contributed by atoms with van der Waals surface area (Å²) >= 11 is 1.83. The SMILES string of the molecule is CNC(c1ccsc1C)C1(OC)CCC(C)(C)CC1. The average molecular weight is 281 g/mol. The zero-order valence-corrected chi connectivity index (χ0v) is 13.7. The van der Waals surface area contributed by atoms with E-state index in [1.54, 1.807) is 0 Å². The van der Waals surface area contributed by atoms with Crippen molar-refractivity contribution in [1.82, 2.24) is 5.32 Å². The summed E-state index contributed by atoms with van der Waals surface area (Å²) in [5.74, 6) is 0. The van der Waals surface area contributed by atoms with Crippen LogP contribution >= 0.6 is 11.3 Å². The number of aryl methyl sites for hydroxylation is 1. The normalized spacial score (nSPS) is 23.2. The number of methoxy groups -OCH3 is 1. The van der Waals surface area contributed by atoms with Gasteiger partial charge < -0.3 is 10.1 Å². The molecular formula is C16H27NOS. The van der Waals surface area contributed by atoms with Gasteiger partial charge in [0.15, 0.2) is 0 Å². The molecule has 108 valence electrons. The zero-order valence-electron chi connectivity index (χ0n) is 12.9. The Balaban J connectivity index is 2.27. The second kappa shape index (κ2) is 5.55. The van der Waals surface area contributed by atoms with Crippen molar-refractivity contribution in [1.29, 1.82) is 0 Å². The highest BCUT2D eigenvalue weighted by Crippen LogP contribution is 2.48. The first-order valence-electron chi connectivity index (χ1n) is 7.20. The predicted molar refractivity (Wildman–Crippen MR) is 82.8 cm³/mol. The lowest BCUT2D eigenvalue weighted by Gasteiger charge is -2.47. The van der Waals surface area contributed by atoms with E-state index in [1.807, 2.05) is 18.4 Å². The molecule has 1 aliphatic carbocycles. The van der Waals surface area contributed by atoms with E-state index in [9.17, 15) is 0 Å². The topological polar surface area (TPSA) is 21.3 Å². The van der Waals surface area contributed by atoms with E-state index in [4.69, 9.17) is 4.74 Å². The second-order valence-corrected chi connectivity index (χ2v) is 7.71. The van der Waals surface area contributed by atoms with Crippen molar-refractivity contribution in [3.05, 3.63) is 21.9 Å². The highest BCUT2D eigenvalue weighted by Gasteiger charge is 2.44. The van der Waals surface area contributed by atoms with Gasteiger partial charge in [0.1, 0.15) is 0 Å². The van der Waals surface area contributed by atoms with Gasteiger partial charge in [-0.3, -0.25) is 0 Å². The van der Waals surface area contributed by atoms with Crippen LogP contribution in [0.3, 0.4) is 0 Å². The molecule has 1 saturated carbocycles. The van der Waals surface area contributed by atoms with Gasteiger partial charge in [0.2, 0.25) is 0 Å². The Morgan fingerprint density at radius 3 is 2.32 bits per heavy atom. The number of thiophene rings is 1. The van der Waals surface area contributed by atoms with Gasteiger partial charge in [0.05, 0.1) is 11.6 Å². The van der Waals surface area contributed by atoms with Crippen LogP contribution < -0.4 is 5.32 Å². The number of rotatable bonds is 4. The molecule has 0 spiro atoms. The van der Waals surface area contributed by atoms with E-state index in [0.717, 1.165) is 12.8 Å². The van der Waals surface area contributed by atoms with Crippen molar-refractivity contribution >= 4 is 11.3 Å². The molecule has 1 unspecified atom stereocenters. The molecule has 3 heteroatoms. The van der Waals surface area contributed by atoms with E-state index < -0.39 is 0 Å². The van der Waals surface area contributed by atoms with Gasteiger partial charge in [-0.2, -0.15) is 0 Å². The molecule has 19 heavy (non-hydrogen) atoms. The summed E-state index contributed by atoms with van der Waals surface area (Å²) in [5.41, 5.74) is 1.83. The van der Waals surface area contributed by atoms with Gasteiger partial charge >= 0.3 is 0 Å². The van der Waals surface area contributed by atoms with E-state index >= 15 is 0 Å². The predicted octanol–water partition coefficient (Wildman–Crippen LogP) is 4.30. The molecule has 0 bridgehead atoms. The average Bonchev–Trinajstić information content (AvgIpc) is 2.79. The molecule has 0 amide bonds. The zero-order chi connectivity index (χ0) is 14.1. The minimum atomic E-state index is -0.0455. The van der Waals surface area contributed by atoms with Gasteiger partial charge in [-0.05, 0) is 62.1 Å². The quantitative estimate of drug-likeness (QED) is 0.888. The molecule has 0 radical (unpaired) electrons. The molecule has 1 N–H and O–H groups in total. The van der Waals surface area contributed by atoms with Crippen molar-refractivity contribution in [2.75, 3.05) is 14.2 Å². The maximum absolute atomic E-state index is 6.05. The number of nitrogens with one attached hydrogen (secondary N) is 1. The lowest BCUT2D eigenvalue weighted by Crippen LogP contribution is -2.48. The molecule has 2 rings (SSSR count). The van der Waals surface area contributed by atoms with E-state index in [2.05, 4.69) is 44.6 Å². The molecule has 2 nitrogen and oxygen atoms in total. The largest absolute Gasteiger partial charge is 0.376 e. The van der Waals surface area contributed by atoms with Crippen molar-refractivity contribution < 1.29 is 4.74 Å². The molecule has 0 aromatic carbocycles. The van der Waals surface area contributed by atoms with Gasteiger partial charge in [-0.15, -0.1) is 11.3 Å². The first kappa shape index (κ1) is 15.0. The standard InChI is InChI=1S/C16H27NOS/c1-12-13(6-11-19-12)14(17-4)16(18-5)9-7-15(2,3)8-10-16/h6,11,14,17H,7-10H2,1-5H3. The Morgan fingerprint density at radius 1 is 1.26 bits per heavy atom. The fraction of sp³-hybridized carbons (Fsp3) is 0.750. The van der Waals surface area contributed by atoms with E-state index in [1.165, 1.54) is 23.3 Å². The van der Waals surface area contributed by atoms with Crippen LogP contribution in [0.4, 0.5) is 0 Å². The lowest BCUT2D eigenvalue weighted by molar-refractivity contribution is -0.0862. The van der Waals surface area contributed by atoms with Crippen LogP contribution in [0.15, 0.2) is 11.4 Å². The highest BCUT2D eigenvalue weighted by molar-refractivity contribution is 7.10. The van der Waals surface area contributed by atoms with Crippen LogP contribution in [0.5, 0.6) is 0 Å². The second-order valence-electron chi connectivity index (χ2n) is 6.59. The van der Waals surface area contributed by atoms with Gasteiger partial charge in [-0.1, -0.05) is 13.8 Å². The molecule has 0 saturated heterocycles. The monoisotopic (exact) mass is 281 g/mol. The minimum absolute atomic E-state index is 0.0455. The summed E-state index contributed by atoms with van der Waals surface area (Å²) in [7, 11) is 3.94. The maximum Gasteiger partial charge on any atom is 0.0873 e. The molecule has 1 fully saturated rings. The van der Waals surface area contributed by atoms with E-state index in [0.29, 0.717) is 11.5 Å². The summed E-state index contributed by atoms with van der Waals surface area (Å²) in [6, 6.07) is 2.56. The Kier molecular flexibility index (Phi) is 4.38. The Morgan fingerprint density at radius 2 is 1.89 bits per heavy atom. The summed E-state index contributed by atoms with van der Waals surface area (Å²) in [6.45, 7) is 6.95. The third kappa shape index (κ3) is 2.88. The fourth-order valence-electron chi connectivity index (χ4n) is 3.36. The Hall–Kier alpha value is -0.380. The van der Waals surface area contributed by atoms with Crippen LogP contribution in [0.2, 0.25) is 0 Å². The first-order valence-corrected chi connectivity index (χ1v) is 8.08. The lowest BCUT2D eigenvalue weighted by atomic mass is 9.67. The minimum Gasteiger partial charge on any atom is -0.376 e. The molecule has 1 atom stereocenters. The smallest absolute Gasteiger partial charge is 0.0873 e. The number of ether oxygens (including phenoxy) is 1. The molecule has 1 aromatic heterocycles. The summed E-state index contributed by atoms with van der Waals surface area (Å²) in [4.78, 5) is 1.40. The van der Waals surface area contributed by atoms with Gasteiger partial charge in [0, 0.05) is 12.0 Å². The number of hydrogen-bond donors (Lipinski definition) is 1. The third-order valence-electron chi connectivity index (χ3n) is 4.88. The molecule has 1 heterocycles. The number of likely N-dealkylation sites (N-methyl/N-ethyl adjacent to an activating group) is 1. The number of hydrogen-bond acceptors (Lipinski definition) is 3. The Labute approximate surface area is 121 Å². The summed E-state index contributed by atoms with van der Waals surface area (Å²) in [5, 5.41) is 5.70. The molecular weight excluding hydrogens is 254 g/mol. The molecule has 0 aliphatic heterocycles. The maximum atomic E-state index is 6.05. The van der Waals surface area contributed by atoms with Crippen LogP contribution in [-0.2, 0) is 4.74 Å². The Bertz CT molecular complexity index is 414. The van der Waals surface area contributed by atoms with Crippen molar-refractivity contribution in [2.24, 2.45) is 5.41 Å². The van der Waals surface area contributed by atoms with Gasteiger partial charge in [-0.25, -0.2) is 0 Å². The van der Waals surface area contributed by atoms with Gasteiger partial charge in [0.25, 0.3) is 0 Å². The summed E-state index contributed by atoms with van der Waals surface area (Å²) < 4.78 is 6.05. The van der Waals surface area contributed by atoms with Crippen LogP contribution in [-0.4, -0.2) is 19.8 Å². The summed E-state index contributed by atoms with van der Waals surface area (Å²) in [6.07, 6.45) is 4.75. The van der Waals surface area contributed by atoms with Crippen LogP contribution in [0.1, 0.15) is 56.0 Å². The van der Waals surface area contributed by atoms with Crippen LogP contribution in [0.25, 0.3) is 0 Å². The van der Waals surface area contributed by atoms with Crippen LogP contribution in [0, 0.1) is 12.3 Å². The first-order chi connectivity index (χ1) is 8.94. The fourth-order valence-corrected chi connectivity index (χ4v) is 4.10. The van der Waals surface area contributed by atoms with Crippen molar-refractivity contribution in [3.8, 4) is 0 Å². The molecule has 1 aliphatic rings. The molecule has 1 aromatic rings. The highest BCUT2D eigenvalue weighted by atomic mass is 32.1. The third-order valence-corrected chi connectivity index (χ3v) is 5.74. The van der Waals surface area contributed by atoms with Crippen molar-refractivity contribution in [3.63, 3.8) is 0 Å².